The molecule has 3 heterocycles. The predicted octanol–water partition coefficient (Wildman–Crippen LogP) is 13.7. The zero-order chi connectivity index (χ0) is 79.5. The second-order valence-electron chi connectivity index (χ2n) is 32.5. The van der Waals surface area contributed by atoms with Crippen LogP contribution in [0.15, 0.2) is 12.2 Å². The maximum atomic E-state index is 13.6. The highest BCUT2D eigenvalue weighted by atomic mass is 16.8. The summed E-state index contributed by atoms with van der Waals surface area (Å²) < 4.78 is 35.1. The Morgan fingerprint density at radius 3 is 1.24 bits per heavy atom. The molecule has 2 amide bonds. The number of rotatable bonds is 72. The van der Waals surface area contributed by atoms with E-state index in [9.17, 15) is 75.7 Å². The molecule has 0 bridgehead atoms. The van der Waals surface area contributed by atoms with Crippen LogP contribution in [0.5, 0.6) is 0 Å². The number of hydrogen-bond donors (Lipinski definition) is 14. The van der Waals surface area contributed by atoms with Gasteiger partial charge < -0.3 is 100 Å². The van der Waals surface area contributed by atoms with Gasteiger partial charge in [0.05, 0.1) is 50.7 Å². The molecule has 0 saturated carbocycles. The first kappa shape index (κ1) is 101. The Balaban J connectivity index is 1.45. The van der Waals surface area contributed by atoms with Crippen LogP contribution in [0.4, 0.5) is 0 Å². The second kappa shape index (κ2) is 64.6. The molecule has 0 radical (unpaired) electrons. The predicted molar refractivity (Wildman–Crippen MR) is 426 cm³/mol. The Hall–Kier alpha value is -2.53. The van der Waals surface area contributed by atoms with Crippen LogP contribution in [0.25, 0.3) is 0 Å². The number of nitrogens with one attached hydrogen (secondary N) is 2. The van der Waals surface area contributed by atoms with E-state index in [1.165, 1.54) is 276 Å². The number of amides is 2. The average Bonchev–Trinajstić information content (AvgIpc) is 0.754. The highest BCUT2D eigenvalue weighted by Crippen LogP contribution is 2.39. The zero-order valence-electron chi connectivity index (χ0n) is 68.4. The van der Waals surface area contributed by atoms with Gasteiger partial charge in [-0.15, -0.1) is 0 Å². The number of carbonyl (C=O) groups excluding carboxylic acids is 2. The van der Waals surface area contributed by atoms with E-state index >= 15 is 0 Å². The van der Waals surface area contributed by atoms with Crippen molar-refractivity contribution in [2.45, 2.75) is 490 Å². The van der Waals surface area contributed by atoms with Gasteiger partial charge in [0.25, 0.3) is 5.79 Å². The molecular formula is C86H162N2O21. The molecule has 0 spiro atoms. The lowest BCUT2D eigenvalue weighted by Crippen LogP contribution is -2.70. The Morgan fingerprint density at radius 1 is 0.468 bits per heavy atom. The summed E-state index contributed by atoms with van der Waals surface area (Å²) >= 11 is 0. The van der Waals surface area contributed by atoms with Crippen molar-refractivity contribution >= 4 is 17.8 Å². The van der Waals surface area contributed by atoms with Crippen molar-refractivity contribution in [1.82, 2.24) is 10.6 Å². The molecule has 0 aromatic heterocycles. The molecule has 3 saturated heterocycles. The summed E-state index contributed by atoms with van der Waals surface area (Å²) in [6, 6.07) is -2.53. The number of ether oxygens (including phenoxy) is 6. The molecule has 3 rings (SSSR count). The number of aliphatic hydroxyl groups is 11. The van der Waals surface area contributed by atoms with Crippen molar-refractivity contribution in [2.75, 3.05) is 26.4 Å². The molecule has 18 atom stereocenters. The van der Waals surface area contributed by atoms with Crippen LogP contribution in [0.3, 0.4) is 0 Å². The number of unbranched alkanes of at least 4 members (excludes halogenated alkanes) is 50. The van der Waals surface area contributed by atoms with E-state index in [1.54, 1.807) is 0 Å². The summed E-state index contributed by atoms with van der Waals surface area (Å²) in [7, 11) is 0. The van der Waals surface area contributed by atoms with Gasteiger partial charge in [-0.2, -0.15) is 0 Å². The monoisotopic (exact) mass is 1560 g/mol. The van der Waals surface area contributed by atoms with E-state index in [2.05, 4.69) is 36.6 Å². The molecule has 18 unspecified atom stereocenters. The quantitative estimate of drug-likeness (QED) is 0.0199. The van der Waals surface area contributed by atoms with Gasteiger partial charge in [-0.1, -0.05) is 334 Å². The highest BCUT2D eigenvalue weighted by molar-refractivity contribution is 5.77. The molecule has 109 heavy (non-hydrogen) atoms. The van der Waals surface area contributed by atoms with Crippen molar-refractivity contribution in [3.63, 3.8) is 0 Å². The minimum atomic E-state index is -3.08. The van der Waals surface area contributed by atoms with Crippen LogP contribution >= 0.6 is 0 Å². The van der Waals surface area contributed by atoms with Gasteiger partial charge in [0.15, 0.2) is 12.6 Å². The molecule has 23 heteroatoms. The summed E-state index contributed by atoms with van der Waals surface area (Å²) in [4.78, 5) is 38.8. The van der Waals surface area contributed by atoms with Crippen LogP contribution in [0.1, 0.15) is 380 Å². The maximum absolute atomic E-state index is 13.6. The molecule has 23 nitrogen and oxygen atoms in total. The lowest BCUT2D eigenvalue weighted by atomic mass is 9.88. The summed E-state index contributed by atoms with van der Waals surface area (Å²) in [6.07, 6.45) is 43.6. The minimum absolute atomic E-state index is 0.228. The zero-order valence-corrected chi connectivity index (χ0v) is 68.4. The number of aliphatic carboxylic acids is 1. The number of allylic oxidation sites excluding steroid dienone is 2. The van der Waals surface area contributed by atoms with Gasteiger partial charge in [0.2, 0.25) is 11.8 Å². The smallest absolute Gasteiger partial charge is 0.364 e. The van der Waals surface area contributed by atoms with Crippen LogP contribution in [-0.2, 0) is 42.8 Å². The molecule has 14 N–H and O–H groups in total. The first-order chi connectivity index (χ1) is 52.9. The van der Waals surface area contributed by atoms with Gasteiger partial charge in [-0.05, 0) is 38.5 Å². The molecular weight excluding hydrogens is 1400 g/mol. The Labute approximate surface area is 658 Å². The van der Waals surface area contributed by atoms with Crippen molar-refractivity contribution in [3.8, 4) is 0 Å². The fourth-order valence-corrected chi connectivity index (χ4v) is 15.7. The molecule has 3 fully saturated rings. The highest BCUT2D eigenvalue weighted by Gasteiger charge is 2.60. The minimum Gasteiger partial charge on any atom is -0.477 e. The van der Waals surface area contributed by atoms with Crippen molar-refractivity contribution in [2.24, 2.45) is 0 Å². The van der Waals surface area contributed by atoms with E-state index < -0.39 is 148 Å². The topological polar surface area (TPSA) is 373 Å². The summed E-state index contributed by atoms with van der Waals surface area (Å²) in [5, 5.41) is 137. The first-order valence-electron chi connectivity index (χ1n) is 44.5. The van der Waals surface area contributed by atoms with Crippen molar-refractivity contribution < 1.29 is 104 Å². The SMILES string of the molecule is CCCCCCCCCCCCCC/C=C\CCCCCCCCCCCCCCCCCCC(=O)NC(COC1OC(CO)C(OC2OC(CO)C(O)C(OC3(C(=O)O)CC(O)C(NC(C)=O)C(C(O)C(O)CO)O3)C2O)C(O)C1O)C(O)CCCCCCCCCCCCCCCCCCCCCCCCC. The van der Waals surface area contributed by atoms with Gasteiger partial charge in [-0.25, -0.2) is 4.79 Å². The number of aliphatic hydroxyl groups excluding tert-OH is 11. The number of carbonyl (C=O) groups is 3. The number of carboxylic acids is 1. The molecule has 0 aromatic rings. The summed E-state index contributed by atoms with van der Waals surface area (Å²) in [6.45, 7) is 2.28. The van der Waals surface area contributed by atoms with Gasteiger partial charge in [0.1, 0.15) is 67.1 Å². The Bertz CT molecular complexity index is 2210. The van der Waals surface area contributed by atoms with E-state index in [4.69, 9.17) is 28.4 Å². The van der Waals surface area contributed by atoms with Crippen LogP contribution in [-0.4, -0.2) is 215 Å². The average molecular weight is 1560 g/mol. The summed E-state index contributed by atoms with van der Waals surface area (Å²) in [5.74, 6) is -6.09. The molecule has 3 aliphatic heterocycles. The lowest BCUT2D eigenvalue weighted by molar-refractivity contribution is -0.386. The van der Waals surface area contributed by atoms with Gasteiger partial charge in [0, 0.05) is 19.8 Å². The van der Waals surface area contributed by atoms with E-state index in [0.717, 1.165) is 58.3 Å². The van der Waals surface area contributed by atoms with E-state index in [-0.39, 0.29) is 18.9 Å². The third-order valence-corrected chi connectivity index (χ3v) is 22.7. The standard InChI is InChI=1S/C86H162N2O21/c1-4-6-8-10-12-14-16-18-20-22-24-26-28-29-30-31-32-33-34-35-36-38-40-42-44-46-48-50-52-54-56-58-60-73(96)88-67(68(93)59-57-55-53-51-49-47-45-43-41-39-37-27-25-23-21-19-17-15-13-11-9-7-5-2)65-104-83-78(100)77(99)80(72(64-91)106-83)107-84-79(101)82(76(98)71(63-90)105-84)109-86(85(102)103)61-69(94)74(87-66(3)92)81(108-86)75(97)70(95)62-89/h29-30,67-72,74-84,89-91,93-95,97-101H,4-28,31-65H2,1-3H3,(H,87,92)(H,88,96)(H,102,103)/b30-29-. The summed E-state index contributed by atoms with van der Waals surface area (Å²) in [5.41, 5.74) is 0. The van der Waals surface area contributed by atoms with E-state index in [1.807, 2.05) is 0 Å². The van der Waals surface area contributed by atoms with Crippen molar-refractivity contribution in [3.05, 3.63) is 12.2 Å². The van der Waals surface area contributed by atoms with Crippen LogP contribution in [0.2, 0.25) is 0 Å². The normalized spacial score (nSPS) is 25.7. The third-order valence-electron chi connectivity index (χ3n) is 22.7. The number of hydrogen-bond acceptors (Lipinski definition) is 20. The Morgan fingerprint density at radius 2 is 0.853 bits per heavy atom. The third kappa shape index (κ3) is 43.9. The lowest BCUT2D eigenvalue weighted by Gasteiger charge is -2.50. The van der Waals surface area contributed by atoms with Crippen LogP contribution in [0, 0.1) is 0 Å². The van der Waals surface area contributed by atoms with E-state index in [0.29, 0.717) is 19.3 Å². The second-order valence-corrected chi connectivity index (χ2v) is 32.5. The fraction of sp³-hybridized carbons (Fsp3) is 0.942. The molecule has 0 aliphatic carbocycles. The van der Waals surface area contributed by atoms with Crippen molar-refractivity contribution in [1.29, 1.82) is 0 Å². The fourth-order valence-electron chi connectivity index (χ4n) is 15.7. The maximum Gasteiger partial charge on any atom is 0.364 e. The van der Waals surface area contributed by atoms with Gasteiger partial charge in [-0.3, -0.25) is 9.59 Å². The Kier molecular flexibility index (Phi) is 59.7. The number of carboxylic acid groups (broad SMARTS) is 1. The first-order valence-corrected chi connectivity index (χ1v) is 44.5. The van der Waals surface area contributed by atoms with Gasteiger partial charge >= 0.3 is 5.97 Å². The van der Waals surface area contributed by atoms with Crippen LogP contribution < -0.4 is 10.6 Å². The molecule has 0 aromatic carbocycles. The largest absolute Gasteiger partial charge is 0.477 e. The molecule has 642 valence electrons. The molecule has 3 aliphatic rings.